The molecule has 2 heterocycles. The van der Waals surface area contributed by atoms with Crippen LogP contribution in [0.3, 0.4) is 0 Å². The molecule has 0 radical (unpaired) electrons. The summed E-state index contributed by atoms with van der Waals surface area (Å²) < 4.78 is 0. The number of piperidine rings is 1. The molecule has 0 saturated carbocycles. The molecule has 1 aliphatic rings. The van der Waals surface area contributed by atoms with Gasteiger partial charge in [-0.1, -0.05) is 0 Å². The number of carbonyl (C=O) groups is 2. The number of aryl methyl sites for hydroxylation is 1. The molecule has 18 heavy (non-hydrogen) atoms. The van der Waals surface area contributed by atoms with Gasteiger partial charge in [-0.2, -0.15) is 0 Å². The van der Waals surface area contributed by atoms with Crippen LogP contribution in [-0.4, -0.2) is 39.5 Å². The molecule has 0 bridgehead atoms. The van der Waals surface area contributed by atoms with E-state index in [2.05, 4.69) is 4.98 Å². The van der Waals surface area contributed by atoms with Gasteiger partial charge >= 0.3 is 5.97 Å². The molecule has 1 amide bonds. The standard InChI is InChI=1S/C12H16N2O3S/c15-11(5-4-9-7-18-8-13-9)14-6-2-1-3-10(14)12(16)17/h7-8,10H,1-6H2,(H,16,17). The van der Waals surface area contributed by atoms with Crippen molar-refractivity contribution in [2.24, 2.45) is 0 Å². The Bertz CT molecular complexity index is 419. The summed E-state index contributed by atoms with van der Waals surface area (Å²) in [4.78, 5) is 28.8. The third-order valence-corrected chi connectivity index (χ3v) is 3.82. The molecule has 1 fully saturated rings. The Kier molecular flexibility index (Phi) is 4.30. The molecule has 0 spiro atoms. The highest BCUT2D eigenvalue weighted by atomic mass is 32.1. The highest BCUT2D eigenvalue weighted by Crippen LogP contribution is 2.18. The van der Waals surface area contributed by atoms with Gasteiger partial charge in [-0.05, 0) is 25.7 Å². The molecular weight excluding hydrogens is 252 g/mol. The molecule has 1 saturated heterocycles. The molecule has 1 aromatic rings. The fraction of sp³-hybridized carbons (Fsp3) is 0.583. The van der Waals surface area contributed by atoms with Crippen molar-refractivity contribution in [3.8, 4) is 0 Å². The number of aliphatic carboxylic acids is 1. The van der Waals surface area contributed by atoms with Gasteiger partial charge in [-0.25, -0.2) is 9.78 Å². The molecule has 98 valence electrons. The van der Waals surface area contributed by atoms with Crippen LogP contribution in [0.4, 0.5) is 0 Å². The Morgan fingerprint density at radius 2 is 2.33 bits per heavy atom. The first-order valence-corrected chi connectivity index (χ1v) is 7.02. The van der Waals surface area contributed by atoms with E-state index in [-0.39, 0.29) is 5.91 Å². The van der Waals surface area contributed by atoms with Crippen LogP contribution in [-0.2, 0) is 16.0 Å². The highest BCUT2D eigenvalue weighted by molar-refractivity contribution is 7.07. The zero-order valence-electron chi connectivity index (χ0n) is 10.0. The summed E-state index contributed by atoms with van der Waals surface area (Å²) in [7, 11) is 0. The van der Waals surface area contributed by atoms with Crippen molar-refractivity contribution in [1.29, 1.82) is 0 Å². The van der Waals surface area contributed by atoms with E-state index >= 15 is 0 Å². The van der Waals surface area contributed by atoms with Crippen molar-refractivity contribution < 1.29 is 14.7 Å². The van der Waals surface area contributed by atoms with E-state index in [1.807, 2.05) is 5.38 Å². The lowest BCUT2D eigenvalue weighted by atomic mass is 10.0. The lowest BCUT2D eigenvalue weighted by Crippen LogP contribution is -2.48. The minimum atomic E-state index is -0.892. The maximum Gasteiger partial charge on any atom is 0.326 e. The minimum absolute atomic E-state index is 0.0740. The topological polar surface area (TPSA) is 70.5 Å². The van der Waals surface area contributed by atoms with Crippen molar-refractivity contribution in [2.75, 3.05) is 6.54 Å². The third kappa shape index (κ3) is 3.07. The average Bonchev–Trinajstić information content (AvgIpc) is 2.89. The van der Waals surface area contributed by atoms with Gasteiger partial charge in [0.05, 0.1) is 11.2 Å². The van der Waals surface area contributed by atoms with Crippen molar-refractivity contribution >= 4 is 23.2 Å². The predicted molar refractivity (Wildman–Crippen MR) is 67.4 cm³/mol. The second-order valence-corrected chi connectivity index (χ2v) is 5.14. The van der Waals surface area contributed by atoms with Crippen LogP contribution >= 0.6 is 11.3 Å². The fourth-order valence-corrected chi connectivity index (χ4v) is 2.82. The van der Waals surface area contributed by atoms with Crippen LogP contribution in [0.25, 0.3) is 0 Å². The Morgan fingerprint density at radius 1 is 1.50 bits per heavy atom. The van der Waals surface area contributed by atoms with Gasteiger partial charge in [-0.3, -0.25) is 4.79 Å². The van der Waals surface area contributed by atoms with Gasteiger partial charge in [0, 0.05) is 18.3 Å². The summed E-state index contributed by atoms with van der Waals surface area (Å²) in [5.41, 5.74) is 2.64. The molecule has 0 aliphatic carbocycles. The lowest BCUT2D eigenvalue weighted by Gasteiger charge is -2.33. The predicted octanol–water partition coefficient (Wildman–Crippen LogP) is 1.54. The summed E-state index contributed by atoms with van der Waals surface area (Å²) in [6, 6.07) is -0.637. The summed E-state index contributed by atoms with van der Waals surface area (Å²) >= 11 is 1.50. The number of thiazole rings is 1. The number of nitrogens with zero attached hydrogens (tertiary/aromatic N) is 2. The molecule has 1 aliphatic heterocycles. The van der Waals surface area contributed by atoms with Crippen molar-refractivity contribution in [3.63, 3.8) is 0 Å². The first-order valence-electron chi connectivity index (χ1n) is 6.08. The summed E-state index contributed by atoms with van der Waals surface area (Å²) in [6.07, 6.45) is 3.27. The summed E-state index contributed by atoms with van der Waals surface area (Å²) in [5.74, 6) is -0.966. The van der Waals surface area contributed by atoms with Gasteiger partial charge in [0.15, 0.2) is 0 Å². The van der Waals surface area contributed by atoms with Crippen LogP contribution in [0.2, 0.25) is 0 Å². The van der Waals surface area contributed by atoms with Gasteiger partial charge in [-0.15, -0.1) is 11.3 Å². The normalized spacial score (nSPS) is 19.8. The SMILES string of the molecule is O=C(O)C1CCCCN1C(=O)CCc1cscn1. The average molecular weight is 268 g/mol. The maximum atomic E-state index is 12.0. The highest BCUT2D eigenvalue weighted by Gasteiger charge is 2.31. The molecule has 5 nitrogen and oxygen atoms in total. The number of carboxylic acids is 1. The number of hydrogen-bond donors (Lipinski definition) is 1. The van der Waals surface area contributed by atoms with Crippen LogP contribution in [0, 0.1) is 0 Å². The molecule has 1 N–H and O–H groups in total. The second kappa shape index (κ2) is 5.95. The van der Waals surface area contributed by atoms with E-state index in [4.69, 9.17) is 5.11 Å². The molecule has 2 rings (SSSR count). The van der Waals surface area contributed by atoms with Crippen LogP contribution in [0.15, 0.2) is 10.9 Å². The molecule has 1 atom stereocenters. The third-order valence-electron chi connectivity index (χ3n) is 3.19. The van der Waals surface area contributed by atoms with E-state index < -0.39 is 12.0 Å². The zero-order valence-corrected chi connectivity index (χ0v) is 10.9. The molecular formula is C12H16N2O3S. The van der Waals surface area contributed by atoms with Gasteiger partial charge in [0.1, 0.15) is 6.04 Å². The second-order valence-electron chi connectivity index (χ2n) is 4.42. The van der Waals surface area contributed by atoms with Crippen LogP contribution in [0.1, 0.15) is 31.4 Å². The number of likely N-dealkylation sites (tertiary alicyclic amines) is 1. The number of aromatic nitrogens is 1. The molecule has 1 unspecified atom stereocenters. The van der Waals surface area contributed by atoms with Crippen molar-refractivity contribution in [3.05, 3.63) is 16.6 Å². The van der Waals surface area contributed by atoms with Crippen LogP contribution in [0.5, 0.6) is 0 Å². The minimum Gasteiger partial charge on any atom is -0.480 e. The maximum absolute atomic E-state index is 12.0. The number of hydrogen-bond acceptors (Lipinski definition) is 4. The molecule has 6 heteroatoms. The zero-order chi connectivity index (χ0) is 13.0. The Morgan fingerprint density at radius 3 is 3.00 bits per heavy atom. The van der Waals surface area contributed by atoms with Crippen LogP contribution < -0.4 is 0 Å². The number of amides is 1. The van der Waals surface area contributed by atoms with E-state index in [0.717, 1.165) is 18.5 Å². The first kappa shape index (κ1) is 13.0. The first-order chi connectivity index (χ1) is 8.68. The largest absolute Gasteiger partial charge is 0.480 e. The van der Waals surface area contributed by atoms with E-state index in [1.54, 1.807) is 5.51 Å². The van der Waals surface area contributed by atoms with Crippen molar-refractivity contribution in [2.45, 2.75) is 38.1 Å². The Labute approximate surface area is 109 Å². The summed E-state index contributed by atoms with van der Waals surface area (Å²) in [6.45, 7) is 0.562. The summed E-state index contributed by atoms with van der Waals surface area (Å²) in [5, 5.41) is 11.0. The Balaban J connectivity index is 1.92. The van der Waals surface area contributed by atoms with Crippen molar-refractivity contribution in [1.82, 2.24) is 9.88 Å². The lowest BCUT2D eigenvalue weighted by molar-refractivity contribution is -0.152. The molecule has 1 aromatic heterocycles. The quantitative estimate of drug-likeness (QED) is 0.899. The number of rotatable bonds is 4. The number of carboxylic acid groups (broad SMARTS) is 1. The molecule has 0 aromatic carbocycles. The van der Waals surface area contributed by atoms with Gasteiger partial charge in [0.2, 0.25) is 5.91 Å². The van der Waals surface area contributed by atoms with E-state index in [0.29, 0.717) is 25.8 Å². The van der Waals surface area contributed by atoms with E-state index in [1.165, 1.54) is 16.2 Å². The number of carbonyl (C=O) groups excluding carboxylic acids is 1. The fourth-order valence-electron chi connectivity index (χ4n) is 2.23. The van der Waals surface area contributed by atoms with Gasteiger partial charge < -0.3 is 10.0 Å². The Hall–Kier alpha value is -1.43. The van der Waals surface area contributed by atoms with Gasteiger partial charge in [0.25, 0.3) is 0 Å². The van der Waals surface area contributed by atoms with E-state index in [9.17, 15) is 9.59 Å². The smallest absolute Gasteiger partial charge is 0.326 e. The monoisotopic (exact) mass is 268 g/mol.